The lowest BCUT2D eigenvalue weighted by atomic mass is 10.0. The van der Waals surface area contributed by atoms with E-state index in [4.69, 9.17) is 4.74 Å². The summed E-state index contributed by atoms with van der Waals surface area (Å²) in [7, 11) is 0. The molecule has 2 amide bonds. The van der Waals surface area contributed by atoms with Crippen molar-refractivity contribution in [2.75, 3.05) is 17.2 Å². The summed E-state index contributed by atoms with van der Waals surface area (Å²) in [5.41, 5.74) is 2.53. The first-order chi connectivity index (χ1) is 15.5. The number of benzene rings is 3. The van der Waals surface area contributed by atoms with Crippen molar-refractivity contribution in [2.24, 2.45) is 0 Å². The van der Waals surface area contributed by atoms with Crippen LogP contribution in [0.3, 0.4) is 0 Å². The molecule has 1 aliphatic heterocycles. The van der Waals surface area contributed by atoms with Crippen molar-refractivity contribution in [2.45, 2.75) is 24.7 Å². The Balaban J connectivity index is 1.62. The highest BCUT2D eigenvalue weighted by molar-refractivity contribution is 6.10. The van der Waals surface area contributed by atoms with Gasteiger partial charge in [-0.05, 0) is 42.0 Å². The molecule has 1 fully saturated rings. The molecule has 3 aromatic carbocycles. The number of hydrogen-bond acceptors (Lipinski definition) is 5. The molecular formula is C25H24N2O5. The van der Waals surface area contributed by atoms with Crippen LogP contribution < -0.4 is 10.6 Å². The summed E-state index contributed by atoms with van der Waals surface area (Å²) in [5, 5.41) is 25.1. The van der Waals surface area contributed by atoms with Crippen molar-refractivity contribution in [1.29, 1.82) is 0 Å². The van der Waals surface area contributed by atoms with Gasteiger partial charge in [-0.25, -0.2) is 0 Å². The van der Waals surface area contributed by atoms with Crippen molar-refractivity contribution in [3.8, 4) is 0 Å². The van der Waals surface area contributed by atoms with Gasteiger partial charge in [-0.3, -0.25) is 9.59 Å². The lowest BCUT2D eigenvalue weighted by Gasteiger charge is -2.17. The number of amides is 2. The minimum absolute atomic E-state index is 0.277. The van der Waals surface area contributed by atoms with Gasteiger partial charge in [-0.15, -0.1) is 0 Å². The number of nitrogens with one attached hydrogen (secondary N) is 2. The summed E-state index contributed by atoms with van der Waals surface area (Å²) in [5.74, 6) is -0.625. The molecule has 3 unspecified atom stereocenters. The van der Waals surface area contributed by atoms with Crippen molar-refractivity contribution in [3.63, 3.8) is 0 Å². The van der Waals surface area contributed by atoms with Crippen molar-refractivity contribution < 1.29 is 24.5 Å². The van der Waals surface area contributed by atoms with Crippen LogP contribution in [0.4, 0.5) is 11.4 Å². The first-order valence-corrected chi connectivity index (χ1v) is 10.4. The standard InChI is InChI=1S/C25H24N2O5/c28-15-23-21(29)14-22(32-23)18-11-12-19(26-24(30)16-7-3-1-4-8-16)20(13-18)27-25(31)17-9-5-2-6-10-17/h1-13,21-23,28-29H,14-15H2,(H,26,30)(H,27,31). The van der Waals surface area contributed by atoms with E-state index in [1.54, 1.807) is 66.7 Å². The molecule has 3 aromatic rings. The van der Waals surface area contributed by atoms with Gasteiger partial charge in [0.15, 0.2) is 0 Å². The van der Waals surface area contributed by atoms with Gasteiger partial charge in [0.05, 0.1) is 30.2 Å². The van der Waals surface area contributed by atoms with E-state index in [0.717, 1.165) is 5.56 Å². The number of aliphatic hydroxyl groups excluding tert-OH is 2. The van der Waals surface area contributed by atoms with Crippen LogP contribution in [0.25, 0.3) is 0 Å². The normalized spacial score (nSPS) is 20.0. The summed E-state index contributed by atoms with van der Waals surface area (Å²) in [6.45, 7) is -0.277. The van der Waals surface area contributed by atoms with Gasteiger partial charge in [0.25, 0.3) is 11.8 Å². The van der Waals surface area contributed by atoms with Crippen LogP contribution in [0.1, 0.15) is 38.8 Å². The molecule has 7 nitrogen and oxygen atoms in total. The van der Waals surface area contributed by atoms with Gasteiger partial charge >= 0.3 is 0 Å². The smallest absolute Gasteiger partial charge is 0.255 e. The number of hydrogen-bond donors (Lipinski definition) is 4. The minimum atomic E-state index is -0.773. The number of anilines is 2. The molecule has 1 aliphatic rings. The molecule has 0 aromatic heterocycles. The van der Waals surface area contributed by atoms with Gasteiger partial charge in [-0.1, -0.05) is 42.5 Å². The van der Waals surface area contributed by atoms with E-state index >= 15 is 0 Å². The Morgan fingerprint density at radius 1 is 0.844 bits per heavy atom. The van der Waals surface area contributed by atoms with Gasteiger partial charge in [0.1, 0.15) is 6.10 Å². The zero-order chi connectivity index (χ0) is 22.5. The Bertz CT molecular complexity index is 1090. The fourth-order valence-electron chi connectivity index (χ4n) is 3.65. The van der Waals surface area contributed by atoms with E-state index in [0.29, 0.717) is 28.9 Å². The molecule has 4 N–H and O–H groups in total. The maximum Gasteiger partial charge on any atom is 0.255 e. The SMILES string of the molecule is O=C(Nc1ccc(C2CC(O)C(CO)O2)cc1NC(=O)c1ccccc1)c1ccccc1. The number of carbonyl (C=O) groups excluding carboxylic acids is 2. The zero-order valence-electron chi connectivity index (χ0n) is 17.3. The fourth-order valence-corrected chi connectivity index (χ4v) is 3.65. The summed E-state index contributed by atoms with van der Waals surface area (Å²) in [4.78, 5) is 25.5. The molecule has 0 bridgehead atoms. The lowest BCUT2D eigenvalue weighted by molar-refractivity contribution is -0.0225. The largest absolute Gasteiger partial charge is 0.394 e. The molecule has 0 aliphatic carbocycles. The lowest BCUT2D eigenvalue weighted by Crippen LogP contribution is -2.24. The highest BCUT2D eigenvalue weighted by atomic mass is 16.5. The van der Waals surface area contributed by atoms with Gasteiger partial charge < -0.3 is 25.6 Å². The highest BCUT2D eigenvalue weighted by Crippen LogP contribution is 2.36. The molecule has 3 atom stereocenters. The van der Waals surface area contributed by atoms with Crippen LogP contribution in [0.5, 0.6) is 0 Å². The maximum absolute atomic E-state index is 12.8. The second-order valence-corrected chi connectivity index (χ2v) is 7.59. The Kier molecular flexibility index (Phi) is 6.61. The topological polar surface area (TPSA) is 108 Å². The summed E-state index contributed by atoms with van der Waals surface area (Å²) >= 11 is 0. The van der Waals surface area contributed by atoms with Gasteiger partial charge in [0.2, 0.25) is 0 Å². The Labute approximate surface area is 185 Å². The van der Waals surface area contributed by atoms with E-state index in [-0.39, 0.29) is 18.4 Å². The summed E-state index contributed by atoms with van der Waals surface area (Å²) < 4.78 is 5.74. The van der Waals surface area contributed by atoms with Crippen molar-refractivity contribution in [3.05, 3.63) is 95.6 Å². The molecule has 1 saturated heterocycles. The van der Waals surface area contributed by atoms with E-state index in [9.17, 15) is 19.8 Å². The Morgan fingerprint density at radius 3 is 1.94 bits per heavy atom. The molecule has 7 heteroatoms. The van der Waals surface area contributed by atoms with Crippen LogP contribution in [-0.2, 0) is 4.74 Å². The quantitative estimate of drug-likeness (QED) is 0.478. The molecule has 164 valence electrons. The maximum atomic E-state index is 12.8. The second kappa shape index (κ2) is 9.74. The van der Waals surface area contributed by atoms with Gasteiger partial charge in [-0.2, -0.15) is 0 Å². The predicted molar refractivity (Wildman–Crippen MR) is 121 cm³/mol. The average Bonchev–Trinajstić information content (AvgIpc) is 3.21. The summed E-state index contributed by atoms with van der Waals surface area (Å²) in [6.07, 6.45) is -1.54. The van der Waals surface area contributed by atoms with E-state index < -0.39 is 18.3 Å². The monoisotopic (exact) mass is 432 g/mol. The number of carbonyl (C=O) groups is 2. The second-order valence-electron chi connectivity index (χ2n) is 7.59. The molecule has 0 spiro atoms. The van der Waals surface area contributed by atoms with Crippen molar-refractivity contribution in [1.82, 2.24) is 0 Å². The fraction of sp³-hybridized carbons (Fsp3) is 0.200. The molecule has 0 saturated carbocycles. The Hall–Kier alpha value is -3.52. The van der Waals surface area contributed by atoms with E-state index in [1.165, 1.54) is 0 Å². The molecule has 1 heterocycles. The molecule has 4 rings (SSSR count). The number of rotatable bonds is 6. The Morgan fingerprint density at radius 2 is 1.41 bits per heavy atom. The third-order valence-electron chi connectivity index (χ3n) is 5.39. The van der Waals surface area contributed by atoms with Gasteiger partial charge in [0, 0.05) is 17.5 Å². The van der Waals surface area contributed by atoms with Crippen LogP contribution >= 0.6 is 0 Å². The highest BCUT2D eigenvalue weighted by Gasteiger charge is 2.34. The predicted octanol–water partition coefficient (Wildman–Crippen LogP) is 3.37. The van der Waals surface area contributed by atoms with Crippen LogP contribution in [0.15, 0.2) is 78.9 Å². The van der Waals surface area contributed by atoms with Crippen molar-refractivity contribution >= 4 is 23.2 Å². The van der Waals surface area contributed by atoms with E-state index in [2.05, 4.69) is 10.6 Å². The third kappa shape index (κ3) is 4.86. The molecule has 32 heavy (non-hydrogen) atoms. The van der Waals surface area contributed by atoms with Crippen LogP contribution in [-0.4, -0.2) is 40.8 Å². The zero-order valence-corrected chi connectivity index (χ0v) is 17.3. The van der Waals surface area contributed by atoms with Crippen LogP contribution in [0.2, 0.25) is 0 Å². The summed E-state index contributed by atoms with van der Waals surface area (Å²) in [6, 6.07) is 22.7. The minimum Gasteiger partial charge on any atom is -0.394 e. The first-order valence-electron chi connectivity index (χ1n) is 10.4. The molecule has 0 radical (unpaired) electrons. The van der Waals surface area contributed by atoms with E-state index in [1.807, 2.05) is 12.1 Å². The number of aliphatic hydroxyl groups is 2. The first kappa shape index (κ1) is 21.7. The average molecular weight is 432 g/mol. The third-order valence-corrected chi connectivity index (χ3v) is 5.39. The van der Waals surface area contributed by atoms with Crippen LogP contribution in [0, 0.1) is 0 Å². The molecular weight excluding hydrogens is 408 g/mol. The number of ether oxygens (including phenoxy) is 1.